The minimum Gasteiger partial charge on any atom is -0.341 e. The van der Waals surface area contributed by atoms with E-state index < -0.39 is 0 Å². The SMILES string of the molecule is CC(N[C@H](C)c1ccc(Br)cc1)C(=O)N1CCCCC1. The molecule has 0 bridgehead atoms. The molecule has 1 unspecified atom stereocenters. The van der Waals surface area contributed by atoms with Crippen LogP contribution in [0.2, 0.25) is 0 Å². The first-order valence-corrected chi connectivity index (χ1v) is 8.17. The highest BCUT2D eigenvalue weighted by atomic mass is 79.9. The highest BCUT2D eigenvalue weighted by Gasteiger charge is 2.23. The van der Waals surface area contributed by atoms with Gasteiger partial charge in [-0.05, 0) is 50.8 Å². The molecular weight excluding hydrogens is 316 g/mol. The highest BCUT2D eigenvalue weighted by Crippen LogP contribution is 2.17. The lowest BCUT2D eigenvalue weighted by atomic mass is 10.1. The zero-order valence-corrected chi connectivity index (χ0v) is 13.8. The summed E-state index contributed by atoms with van der Waals surface area (Å²) in [4.78, 5) is 14.4. The van der Waals surface area contributed by atoms with Crippen molar-refractivity contribution in [2.24, 2.45) is 0 Å². The Morgan fingerprint density at radius 1 is 1.15 bits per heavy atom. The van der Waals surface area contributed by atoms with E-state index in [1.165, 1.54) is 12.0 Å². The second-order valence-corrected chi connectivity index (χ2v) is 6.46. The summed E-state index contributed by atoms with van der Waals surface area (Å²) in [7, 11) is 0. The van der Waals surface area contributed by atoms with Gasteiger partial charge in [0.1, 0.15) is 0 Å². The van der Waals surface area contributed by atoms with Crippen LogP contribution in [0.3, 0.4) is 0 Å². The van der Waals surface area contributed by atoms with Crippen LogP contribution in [0.25, 0.3) is 0 Å². The van der Waals surface area contributed by atoms with Gasteiger partial charge in [-0.3, -0.25) is 10.1 Å². The van der Waals surface area contributed by atoms with Gasteiger partial charge in [0.15, 0.2) is 0 Å². The van der Waals surface area contributed by atoms with Crippen LogP contribution < -0.4 is 5.32 Å². The minimum atomic E-state index is -0.133. The van der Waals surface area contributed by atoms with E-state index in [9.17, 15) is 4.79 Å². The standard InChI is InChI=1S/C16H23BrN2O/c1-12(14-6-8-15(17)9-7-14)18-13(2)16(20)19-10-4-3-5-11-19/h6-9,12-13,18H,3-5,10-11H2,1-2H3/t12-,13?/m1/s1. The van der Waals surface area contributed by atoms with Gasteiger partial charge in [-0.1, -0.05) is 28.1 Å². The summed E-state index contributed by atoms with van der Waals surface area (Å²) in [5, 5.41) is 3.41. The number of piperidine rings is 1. The molecule has 2 atom stereocenters. The Labute approximate surface area is 129 Å². The van der Waals surface area contributed by atoms with E-state index in [1.54, 1.807) is 0 Å². The Bertz CT molecular complexity index is 440. The third-order valence-corrected chi connectivity index (χ3v) is 4.44. The summed E-state index contributed by atoms with van der Waals surface area (Å²) in [6.45, 7) is 5.89. The van der Waals surface area contributed by atoms with E-state index >= 15 is 0 Å². The monoisotopic (exact) mass is 338 g/mol. The third-order valence-electron chi connectivity index (χ3n) is 3.91. The van der Waals surface area contributed by atoms with E-state index in [1.807, 2.05) is 24.0 Å². The number of rotatable bonds is 4. The summed E-state index contributed by atoms with van der Waals surface area (Å²) in [5.74, 6) is 0.230. The molecular formula is C16H23BrN2O. The van der Waals surface area contributed by atoms with E-state index in [2.05, 4.69) is 40.3 Å². The normalized spacial score (nSPS) is 18.6. The third kappa shape index (κ3) is 4.06. The number of hydrogen-bond donors (Lipinski definition) is 1. The molecule has 20 heavy (non-hydrogen) atoms. The Balaban J connectivity index is 1.91. The van der Waals surface area contributed by atoms with Gasteiger partial charge in [0.2, 0.25) is 5.91 Å². The molecule has 1 fully saturated rings. The van der Waals surface area contributed by atoms with E-state index in [4.69, 9.17) is 0 Å². The lowest BCUT2D eigenvalue weighted by Gasteiger charge is -2.30. The number of halogens is 1. The molecule has 1 N–H and O–H groups in total. The lowest BCUT2D eigenvalue weighted by molar-refractivity contribution is -0.134. The topological polar surface area (TPSA) is 32.3 Å². The molecule has 2 rings (SSSR count). The zero-order chi connectivity index (χ0) is 14.5. The molecule has 1 saturated heterocycles. The van der Waals surface area contributed by atoms with Crippen LogP contribution in [0, 0.1) is 0 Å². The van der Waals surface area contributed by atoms with E-state index in [-0.39, 0.29) is 18.0 Å². The van der Waals surface area contributed by atoms with Gasteiger partial charge >= 0.3 is 0 Å². The van der Waals surface area contributed by atoms with Crippen molar-refractivity contribution in [2.75, 3.05) is 13.1 Å². The van der Waals surface area contributed by atoms with Crippen LogP contribution in [0.15, 0.2) is 28.7 Å². The second kappa shape index (κ2) is 7.23. The van der Waals surface area contributed by atoms with E-state index in [0.29, 0.717) is 0 Å². The number of benzene rings is 1. The molecule has 110 valence electrons. The molecule has 1 aliphatic rings. The van der Waals surface area contributed by atoms with Gasteiger partial charge in [-0.2, -0.15) is 0 Å². The fourth-order valence-corrected chi connectivity index (χ4v) is 2.95. The average Bonchev–Trinajstić information content (AvgIpc) is 2.48. The molecule has 1 aromatic carbocycles. The zero-order valence-electron chi connectivity index (χ0n) is 12.2. The predicted octanol–water partition coefficient (Wildman–Crippen LogP) is 3.50. The minimum absolute atomic E-state index is 0.133. The Kier molecular flexibility index (Phi) is 5.61. The van der Waals surface area contributed by atoms with Gasteiger partial charge in [0.25, 0.3) is 0 Å². The van der Waals surface area contributed by atoms with Gasteiger partial charge in [-0.15, -0.1) is 0 Å². The molecule has 0 aliphatic carbocycles. The van der Waals surface area contributed by atoms with Crippen molar-refractivity contribution >= 4 is 21.8 Å². The molecule has 1 heterocycles. The number of nitrogens with zero attached hydrogens (tertiary/aromatic N) is 1. The van der Waals surface area contributed by atoms with Crippen molar-refractivity contribution in [2.45, 2.75) is 45.2 Å². The maximum absolute atomic E-state index is 12.4. The Morgan fingerprint density at radius 3 is 2.35 bits per heavy atom. The smallest absolute Gasteiger partial charge is 0.239 e. The first-order chi connectivity index (χ1) is 9.58. The molecule has 4 heteroatoms. The first kappa shape index (κ1) is 15.5. The fraction of sp³-hybridized carbons (Fsp3) is 0.562. The maximum Gasteiger partial charge on any atom is 0.239 e. The Morgan fingerprint density at radius 2 is 1.75 bits per heavy atom. The van der Waals surface area contributed by atoms with Crippen molar-refractivity contribution in [3.63, 3.8) is 0 Å². The van der Waals surface area contributed by atoms with Crippen LogP contribution in [-0.2, 0) is 4.79 Å². The quantitative estimate of drug-likeness (QED) is 0.911. The lowest BCUT2D eigenvalue weighted by Crippen LogP contribution is -2.47. The summed E-state index contributed by atoms with van der Waals surface area (Å²) in [5.41, 5.74) is 1.20. The van der Waals surface area contributed by atoms with Gasteiger partial charge in [0, 0.05) is 23.6 Å². The number of carbonyl (C=O) groups is 1. The van der Waals surface area contributed by atoms with Crippen molar-refractivity contribution in [1.29, 1.82) is 0 Å². The number of nitrogens with one attached hydrogen (secondary N) is 1. The van der Waals surface area contributed by atoms with Crippen molar-refractivity contribution in [3.05, 3.63) is 34.3 Å². The predicted molar refractivity (Wildman–Crippen MR) is 85.6 cm³/mol. The molecule has 1 aliphatic heterocycles. The first-order valence-electron chi connectivity index (χ1n) is 7.38. The van der Waals surface area contributed by atoms with Crippen LogP contribution in [-0.4, -0.2) is 29.9 Å². The summed E-state index contributed by atoms with van der Waals surface area (Å²) < 4.78 is 1.07. The van der Waals surface area contributed by atoms with Crippen molar-refractivity contribution < 1.29 is 4.79 Å². The summed E-state index contributed by atoms with van der Waals surface area (Å²) in [6, 6.07) is 8.27. The Hall–Kier alpha value is -0.870. The molecule has 3 nitrogen and oxygen atoms in total. The molecule has 0 spiro atoms. The summed E-state index contributed by atoms with van der Waals surface area (Å²) in [6.07, 6.45) is 3.53. The molecule has 0 radical (unpaired) electrons. The van der Waals surface area contributed by atoms with Crippen LogP contribution in [0.1, 0.15) is 44.7 Å². The van der Waals surface area contributed by atoms with E-state index in [0.717, 1.165) is 30.4 Å². The van der Waals surface area contributed by atoms with Gasteiger partial charge in [-0.25, -0.2) is 0 Å². The highest BCUT2D eigenvalue weighted by molar-refractivity contribution is 9.10. The van der Waals surface area contributed by atoms with Gasteiger partial charge < -0.3 is 4.90 Å². The molecule has 0 saturated carbocycles. The van der Waals surface area contributed by atoms with Gasteiger partial charge in [0.05, 0.1) is 6.04 Å². The largest absolute Gasteiger partial charge is 0.341 e. The molecule has 1 aromatic rings. The number of carbonyl (C=O) groups excluding carboxylic acids is 1. The van der Waals surface area contributed by atoms with Crippen molar-refractivity contribution in [1.82, 2.24) is 10.2 Å². The maximum atomic E-state index is 12.4. The van der Waals surface area contributed by atoms with Crippen molar-refractivity contribution in [3.8, 4) is 0 Å². The van der Waals surface area contributed by atoms with Crippen LogP contribution >= 0.6 is 15.9 Å². The molecule has 1 amide bonds. The molecule has 0 aromatic heterocycles. The number of hydrogen-bond acceptors (Lipinski definition) is 2. The fourth-order valence-electron chi connectivity index (χ4n) is 2.68. The number of likely N-dealkylation sites (tertiary alicyclic amines) is 1. The van der Waals surface area contributed by atoms with Crippen LogP contribution in [0.5, 0.6) is 0 Å². The number of amides is 1. The summed E-state index contributed by atoms with van der Waals surface area (Å²) >= 11 is 3.44. The second-order valence-electron chi connectivity index (χ2n) is 5.55. The van der Waals surface area contributed by atoms with Crippen LogP contribution in [0.4, 0.5) is 0 Å². The average molecular weight is 339 g/mol.